The molecule has 30 heavy (non-hydrogen) atoms. The van der Waals surface area contributed by atoms with Gasteiger partial charge in [-0.05, 0) is 54.8 Å². The first-order chi connectivity index (χ1) is 14.3. The van der Waals surface area contributed by atoms with Gasteiger partial charge in [0.1, 0.15) is 5.70 Å². The third-order valence-corrected chi connectivity index (χ3v) is 4.80. The largest absolute Gasteiger partial charge is 0.350 e. The summed E-state index contributed by atoms with van der Waals surface area (Å²) in [6.07, 6.45) is 0. The van der Waals surface area contributed by atoms with Gasteiger partial charge < -0.3 is 5.32 Å². The van der Waals surface area contributed by atoms with Crippen molar-refractivity contribution in [1.82, 2.24) is 0 Å². The van der Waals surface area contributed by atoms with Gasteiger partial charge in [-0.2, -0.15) is 0 Å². The second-order valence-corrected chi connectivity index (χ2v) is 7.16. The summed E-state index contributed by atoms with van der Waals surface area (Å²) in [5, 5.41) is 3.08. The standard InChI is InChI=1S/C24H18F2N2O2/c1-14-10-15(2)12-17(11-14)27-22-21(16-6-4-3-5-7-16)23(29)28(24(22)30)18-8-9-19(25)20(26)13-18/h3-13,27H,1-2H3. The van der Waals surface area contributed by atoms with Gasteiger partial charge in [0.15, 0.2) is 11.6 Å². The van der Waals surface area contributed by atoms with Crippen molar-refractivity contribution in [1.29, 1.82) is 0 Å². The van der Waals surface area contributed by atoms with Crippen LogP contribution < -0.4 is 10.2 Å². The average molecular weight is 404 g/mol. The van der Waals surface area contributed by atoms with E-state index in [-0.39, 0.29) is 17.0 Å². The highest BCUT2D eigenvalue weighted by Gasteiger charge is 2.40. The van der Waals surface area contributed by atoms with Gasteiger partial charge >= 0.3 is 0 Å². The normalized spacial score (nSPS) is 13.9. The summed E-state index contributed by atoms with van der Waals surface area (Å²) in [7, 11) is 0. The number of hydrogen-bond acceptors (Lipinski definition) is 3. The van der Waals surface area contributed by atoms with Crippen molar-refractivity contribution in [3.8, 4) is 0 Å². The first-order valence-corrected chi connectivity index (χ1v) is 9.34. The van der Waals surface area contributed by atoms with E-state index in [0.29, 0.717) is 11.3 Å². The molecule has 0 saturated heterocycles. The Balaban J connectivity index is 1.83. The summed E-state index contributed by atoms with van der Waals surface area (Å²) >= 11 is 0. The Morgan fingerprint density at radius 2 is 1.43 bits per heavy atom. The summed E-state index contributed by atoms with van der Waals surface area (Å²) in [5.41, 5.74) is 3.42. The Hall–Kier alpha value is -3.80. The maximum atomic E-state index is 13.8. The second kappa shape index (κ2) is 7.55. The zero-order valence-corrected chi connectivity index (χ0v) is 16.4. The molecule has 0 aromatic heterocycles. The van der Waals surface area contributed by atoms with E-state index in [9.17, 15) is 18.4 Å². The molecule has 0 aliphatic carbocycles. The van der Waals surface area contributed by atoms with Crippen LogP contribution >= 0.6 is 0 Å². The second-order valence-electron chi connectivity index (χ2n) is 7.16. The van der Waals surface area contributed by atoms with Crippen molar-refractivity contribution < 1.29 is 18.4 Å². The van der Waals surface area contributed by atoms with Crippen molar-refractivity contribution in [3.63, 3.8) is 0 Å². The predicted octanol–water partition coefficient (Wildman–Crippen LogP) is 4.98. The minimum Gasteiger partial charge on any atom is -0.350 e. The lowest BCUT2D eigenvalue weighted by Crippen LogP contribution is -2.32. The monoisotopic (exact) mass is 404 g/mol. The summed E-state index contributed by atoms with van der Waals surface area (Å²) in [5.74, 6) is -3.43. The summed E-state index contributed by atoms with van der Waals surface area (Å²) in [6.45, 7) is 3.86. The van der Waals surface area contributed by atoms with E-state index in [1.807, 2.05) is 32.0 Å². The van der Waals surface area contributed by atoms with Gasteiger partial charge in [-0.1, -0.05) is 36.4 Å². The molecule has 0 spiro atoms. The molecule has 1 aliphatic rings. The van der Waals surface area contributed by atoms with Crippen LogP contribution in [0.25, 0.3) is 5.57 Å². The number of carbonyl (C=O) groups excluding carboxylic acids is 2. The van der Waals surface area contributed by atoms with Gasteiger partial charge in [-0.25, -0.2) is 13.7 Å². The van der Waals surface area contributed by atoms with Gasteiger partial charge in [0.05, 0.1) is 11.3 Å². The van der Waals surface area contributed by atoms with Gasteiger partial charge in [-0.15, -0.1) is 0 Å². The average Bonchev–Trinajstić information content (AvgIpc) is 2.94. The van der Waals surface area contributed by atoms with Crippen LogP contribution in [0.3, 0.4) is 0 Å². The molecule has 4 nitrogen and oxygen atoms in total. The Labute approximate surface area is 172 Å². The number of amides is 2. The molecule has 0 bridgehead atoms. The molecule has 3 aromatic carbocycles. The molecule has 4 rings (SSSR count). The molecular weight excluding hydrogens is 386 g/mol. The Morgan fingerprint density at radius 3 is 2.07 bits per heavy atom. The number of imide groups is 1. The highest BCUT2D eigenvalue weighted by atomic mass is 19.2. The van der Waals surface area contributed by atoms with E-state index in [1.165, 1.54) is 6.07 Å². The zero-order chi connectivity index (χ0) is 21.4. The summed E-state index contributed by atoms with van der Waals surface area (Å²) in [4.78, 5) is 27.3. The van der Waals surface area contributed by atoms with Crippen LogP contribution in [0.5, 0.6) is 0 Å². The van der Waals surface area contributed by atoms with Crippen molar-refractivity contribution >= 4 is 28.8 Å². The van der Waals surface area contributed by atoms with Crippen LogP contribution in [0.2, 0.25) is 0 Å². The number of carbonyl (C=O) groups is 2. The molecule has 3 aromatic rings. The predicted molar refractivity (Wildman–Crippen MR) is 112 cm³/mol. The van der Waals surface area contributed by atoms with E-state index >= 15 is 0 Å². The first-order valence-electron chi connectivity index (χ1n) is 9.34. The maximum absolute atomic E-state index is 13.8. The maximum Gasteiger partial charge on any atom is 0.282 e. The minimum atomic E-state index is -1.13. The van der Waals surface area contributed by atoms with Gasteiger partial charge in [-0.3, -0.25) is 9.59 Å². The summed E-state index contributed by atoms with van der Waals surface area (Å²) < 4.78 is 27.2. The number of anilines is 2. The topological polar surface area (TPSA) is 49.4 Å². The van der Waals surface area contributed by atoms with Crippen LogP contribution in [0.4, 0.5) is 20.2 Å². The number of hydrogen-bond donors (Lipinski definition) is 1. The van der Waals surface area contributed by atoms with Crippen molar-refractivity contribution in [2.75, 3.05) is 10.2 Å². The number of nitrogens with zero attached hydrogens (tertiary/aromatic N) is 1. The molecule has 0 atom stereocenters. The molecule has 150 valence electrons. The van der Waals surface area contributed by atoms with Gasteiger partial charge in [0.25, 0.3) is 11.8 Å². The number of nitrogens with one attached hydrogen (secondary N) is 1. The Kier molecular flexibility index (Phi) is 4.91. The van der Waals surface area contributed by atoms with E-state index in [1.54, 1.807) is 30.3 Å². The quantitative estimate of drug-likeness (QED) is 0.624. The molecule has 0 unspecified atom stereocenters. The molecule has 1 heterocycles. The van der Waals surface area contributed by atoms with Crippen LogP contribution in [0.1, 0.15) is 16.7 Å². The molecule has 0 radical (unpaired) electrons. The third kappa shape index (κ3) is 3.48. The number of halogens is 2. The molecular formula is C24H18F2N2O2. The van der Waals surface area contributed by atoms with Crippen molar-refractivity contribution in [2.45, 2.75) is 13.8 Å². The fraction of sp³-hybridized carbons (Fsp3) is 0.0833. The van der Waals surface area contributed by atoms with Gasteiger partial charge in [0, 0.05) is 11.8 Å². The summed E-state index contributed by atoms with van der Waals surface area (Å²) in [6, 6.07) is 17.4. The van der Waals surface area contributed by atoms with E-state index < -0.39 is 23.4 Å². The highest BCUT2D eigenvalue weighted by molar-refractivity contribution is 6.46. The van der Waals surface area contributed by atoms with E-state index in [4.69, 9.17) is 0 Å². The van der Waals surface area contributed by atoms with Crippen LogP contribution in [-0.2, 0) is 9.59 Å². The van der Waals surface area contributed by atoms with Gasteiger partial charge in [0.2, 0.25) is 0 Å². The van der Waals surface area contributed by atoms with Crippen LogP contribution in [-0.4, -0.2) is 11.8 Å². The smallest absolute Gasteiger partial charge is 0.282 e. The fourth-order valence-corrected chi connectivity index (χ4v) is 3.57. The van der Waals surface area contributed by atoms with Crippen LogP contribution in [0, 0.1) is 25.5 Å². The SMILES string of the molecule is Cc1cc(C)cc(NC2=C(c3ccccc3)C(=O)N(c3ccc(F)c(F)c3)C2=O)c1. The van der Waals surface area contributed by atoms with E-state index in [0.717, 1.165) is 28.2 Å². The lowest BCUT2D eigenvalue weighted by Gasteiger charge is -2.16. The number of benzene rings is 3. The minimum absolute atomic E-state index is 0.0328. The van der Waals surface area contributed by atoms with Crippen molar-refractivity contribution in [2.24, 2.45) is 0 Å². The highest BCUT2D eigenvalue weighted by Crippen LogP contribution is 2.34. The molecule has 0 fully saturated rings. The molecule has 1 N–H and O–H groups in total. The first kappa shape index (κ1) is 19.5. The van der Waals surface area contributed by atoms with E-state index in [2.05, 4.69) is 5.32 Å². The Morgan fingerprint density at radius 1 is 0.767 bits per heavy atom. The molecule has 2 amide bonds. The van der Waals surface area contributed by atoms with Crippen LogP contribution in [0.15, 0.2) is 72.4 Å². The lowest BCUT2D eigenvalue weighted by atomic mass is 10.0. The number of rotatable bonds is 4. The fourth-order valence-electron chi connectivity index (χ4n) is 3.57. The van der Waals surface area contributed by atoms with Crippen molar-refractivity contribution in [3.05, 3.63) is 101 Å². The Bertz CT molecular complexity index is 1180. The third-order valence-electron chi connectivity index (χ3n) is 4.80. The number of aryl methyl sites for hydroxylation is 2. The molecule has 6 heteroatoms. The lowest BCUT2D eigenvalue weighted by molar-refractivity contribution is -0.120. The molecule has 0 saturated carbocycles. The molecule has 1 aliphatic heterocycles. The zero-order valence-electron chi connectivity index (χ0n) is 16.4.